The highest BCUT2D eigenvalue weighted by atomic mass is 127. The lowest BCUT2D eigenvalue weighted by atomic mass is 10.0. The summed E-state index contributed by atoms with van der Waals surface area (Å²) >= 11 is 2.19. The van der Waals surface area contributed by atoms with Crippen LogP contribution in [0.4, 0.5) is 0 Å². The van der Waals surface area contributed by atoms with Gasteiger partial charge in [0.2, 0.25) is 0 Å². The molecule has 0 bridgehead atoms. The van der Waals surface area contributed by atoms with Crippen LogP contribution in [0.2, 0.25) is 0 Å². The van der Waals surface area contributed by atoms with Crippen molar-refractivity contribution >= 4 is 32.7 Å². The topological polar surface area (TPSA) is 57.2 Å². The largest absolute Gasteiger partial charge is 0.748 e. The third-order valence-corrected chi connectivity index (χ3v) is 6.36. The minimum Gasteiger partial charge on any atom is -0.748 e. The summed E-state index contributed by atoms with van der Waals surface area (Å²) in [4.78, 5) is 0. The molecule has 1 fully saturated rings. The fourth-order valence-corrected chi connectivity index (χ4v) is 4.48. The number of halogens is 1. The summed E-state index contributed by atoms with van der Waals surface area (Å²) in [5.41, 5.74) is 0. The third kappa shape index (κ3) is 21.4. The maximum absolute atomic E-state index is 9.08. The van der Waals surface area contributed by atoms with E-state index in [2.05, 4.69) is 39.4 Å². The molecule has 0 radical (unpaired) electrons. The fourth-order valence-electron chi connectivity index (χ4n) is 4.31. The van der Waals surface area contributed by atoms with Crippen LogP contribution in [0, 0.1) is 9.85 Å². The summed E-state index contributed by atoms with van der Waals surface area (Å²) in [6.45, 7) is 7.53. The number of rotatable bonds is 16. The van der Waals surface area contributed by atoms with Crippen molar-refractivity contribution in [1.29, 1.82) is 0 Å². The average molecular weight is 556 g/mol. The molecule has 6 heteroatoms. The van der Waals surface area contributed by atoms with Crippen molar-refractivity contribution in [1.82, 2.24) is 0 Å². The Morgan fingerprint density at radius 1 is 0.800 bits per heavy atom. The second-order valence-corrected chi connectivity index (χ2v) is 10.9. The lowest BCUT2D eigenvalue weighted by molar-refractivity contribution is -0.910. The van der Waals surface area contributed by atoms with Gasteiger partial charge >= 0.3 is 0 Å². The predicted molar refractivity (Wildman–Crippen MR) is 137 cm³/mol. The molecule has 0 aliphatic carbocycles. The Morgan fingerprint density at radius 3 is 1.53 bits per heavy atom. The molecule has 0 spiro atoms. The van der Waals surface area contributed by atoms with Gasteiger partial charge in [-0.05, 0) is 22.7 Å². The van der Waals surface area contributed by atoms with E-state index in [1.165, 1.54) is 127 Å². The third-order valence-electron chi connectivity index (χ3n) is 5.98. The average Bonchev–Trinajstić information content (AvgIpc) is 3.14. The SMILES string of the molecule is CCCCCCCCCCCCCCCC[N+]1(CC#CI)CCCC1.CS(=O)(=O)[O-]. The van der Waals surface area contributed by atoms with Crippen molar-refractivity contribution < 1.29 is 17.5 Å². The first-order chi connectivity index (χ1) is 14.3. The van der Waals surface area contributed by atoms with Crippen LogP contribution in [0.5, 0.6) is 0 Å². The van der Waals surface area contributed by atoms with Gasteiger partial charge in [0.25, 0.3) is 0 Å². The van der Waals surface area contributed by atoms with E-state index in [0.717, 1.165) is 6.54 Å². The monoisotopic (exact) mass is 555 g/mol. The first-order valence-electron chi connectivity index (χ1n) is 12.2. The number of unbranched alkanes of at least 4 members (excludes halogenated alkanes) is 13. The van der Waals surface area contributed by atoms with E-state index in [-0.39, 0.29) is 0 Å². The zero-order chi connectivity index (χ0) is 22.6. The van der Waals surface area contributed by atoms with Gasteiger partial charge in [-0.1, -0.05) is 84.0 Å². The Balaban J connectivity index is 0.00000150. The van der Waals surface area contributed by atoms with Crippen molar-refractivity contribution in [2.24, 2.45) is 0 Å². The lowest BCUT2D eigenvalue weighted by Gasteiger charge is -2.32. The number of likely N-dealkylation sites (tertiary alicyclic amines) is 1. The summed E-state index contributed by atoms with van der Waals surface area (Å²) in [5, 5.41) is 0. The van der Waals surface area contributed by atoms with Crippen LogP contribution in [-0.2, 0) is 10.1 Å². The standard InChI is InChI=1S/C23H43IN.CH4O3S/c1-2-3-4-5-6-7-8-9-10-11-12-13-14-15-20-25(23-18-19-24)21-16-17-22-25;1-5(2,3)4/h2-17,20-23H2,1H3;1H3,(H,2,3,4)/q+1;/p-1. The minimum absolute atomic E-state index is 0.604. The van der Waals surface area contributed by atoms with E-state index >= 15 is 0 Å². The van der Waals surface area contributed by atoms with Gasteiger partial charge in [0.1, 0.15) is 6.54 Å². The molecular formula is C24H46INO3S. The van der Waals surface area contributed by atoms with Crippen molar-refractivity contribution in [2.75, 3.05) is 32.4 Å². The second-order valence-electron chi connectivity index (χ2n) is 8.95. The summed E-state index contributed by atoms with van der Waals surface area (Å²) in [6.07, 6.45) is 23.8. The maximum atomic E-state index is 9.08. The molecule has 0 aromatic heterocycles. The van der Waals surface area contributed by atoms with E-state index in [9.17, 15) is 0 Å². The molecule has 1 saturated heterocycles. The van der Waals surface area contributed by atoms with E-state index in [4.69, 9.17) is 13.0 Å². The number of hydrogen-bond donors (Lipinski definition) is 0. The Kier molecular flexibility index (Phi) is 19.9. The van der Waals surface area contributed by atoms with Gasteiger partial charge in [-0.2, -0.15) is 0 Å². The highest BCUT2D eigenvalue weighted by Crippen LogP contribution is 2.21. The quantitative estimate of drug-likeness (QED) is 0.0706. The fraction of sp³-hybridized carbons (Fsp3) is 0.917. The lowest BCUT2D eigenvalue weighted by Crippen LogP contribution is -2.46. The number of hydrogen-bond acceptors (Lipinski definition) is 3. The van der Waals surface area contributed by atoms with Crippen LogP contribution in [0.15, 0.2) is 0 Å². The van der Waals surface area contributed by atoms with Gasteiger partial charge in [-0.25, -0.2) is 8.42 Å². The Labute approximate surface area is 201 Å². The summed E-state index contributed by atoms with van der Waals surface area (Å²) in [6, 6.07) is 0. The second kappa shape index (κ2) is 19.8. The Bertz CT molecular complexity index is 541. The molecule has 4 nitrogen and oxygen atoms in total. The van der Waals surface area contributed by atoms with Gasteiger partial charge in [0.05, 0.1) is 29.8 Å². The molecule has 0 saturated carbocycles. The van der Waals surface area contributed by atoms with E-state index in [1.54, 1.807) is 0 Å². The minimum atomic E-state index is -3.92. The number of quaternary nitrogens is 1. The van der Waals surface area contributed by atoms with E-state index in [0.29, 0.717) is 6.26 Å². The molecular weight excluding hydrogens is 509 g/mol. The molecule has 178 valence electrons. The van der Waals surface area contributed by atoms with Crippen LogP contribution in [-0.4, -0.2) is 49.9 Å². The van der Waals surface area contributed by atoms with Gasteiger partial charge in [-0.15, -0.1) is 0 Å². The van der Waals surface area contributed by atoms with Crippen LogP contribution in [0.3, 0.4) is 0 Å². The molecule has 0 atom stereocenters. The van der Waals surface area contributed by atoms with Gasteiger partial charge < -0.3 is 9.04 Å². The summed E-state index contributed by atoms with van der Waals surface area (Å²) < 4.78 is 31.6. The van der Waals surface area contributed by atoms with Crippen LogP contribution in [0.25, 0.3) is 0 Å². The van der Waals surface area contributed by atoms with Crippen molar-refractivity contribution in [3.05, 3.63) is 0 Å². The van der Waals surface area contributed by atoms with Crippen LogP contribution >= 0.6 is 22.6 Å². The molecule has 0 aromatic rings. The van der Waals surface area contributed by atoms with Crippen LogP contribution in [0.1, 0.15) is 110 Å². The first kappa shape index (κ1) is 30.2. The molecule has 1 aliphatic rings. The Hall–Kier alpha value is 0.160. The Morgan fingerprint density at radius 2 is 1.17 bits per heavy atom. The normalized spacial score (nSPS) is 15.2. The van der Waals surface area contributed by atoms with E-state index in [1.807, 2.05) is 0 Å². The van der Waals surface area contributed by atoms with Crippen molar-refractivity contribution in [3.63, 3.8) is 0 Å². The molecule has 0 aromatic carbocycles. The van der Waals surface area contributed by atoms with Gasteiger partial charge in [-0.3, -0.25) is 0 Å². The molecule has 30 heavy (non-hydrogen) atoms. The smallest absolute Gasteiger partial charge is 0.141 e. The molecule has 1 aliphatic heterocycles. The zero-order valence-electron chi connectivity index (χ0n) is 19.6. The first-order valence-corrected chi connectivity index (χ1v) is 15.1. The molecule has 0 unspecified atom stereocenters. The van der Waals surface area contributed by atoms with Crippen molar-refractivity contribution in [2.45, 2.75) is 110 Å². The van der Waals surface area contributed by atoms with E-state index < -0.39 is 10.1 Å². The van der Waals surface area contributed by atoms with Crippen molar-refractivity contribution in [3.8, 4) is 9.85 Å². The highest BCUT2D eigenvalue weighted by molar-refractivity contribution is 14.1. The molecule has 0 N–H and O–H groups in total. The molecule has 0 amide bonds. The zero-order valence-corrected chi connectivity index (χ0v) is 22.6. The summed E-state index contributed by atoms with van der Waals surface area (Å²) in [5.74, 6) is 3.34. The highest BCUT2D eigenvalue weighted by Gasteiger charge is 2.30. The van der Waals surface area contributed by atoms with Gasteiger partial charge in [0, 0.05) is 41.7 Å². The molecule has 1 heterocycles. The molecule has 1 rings (SSSR count). The number of nitrogens with zero attached hydrogens (tertiary/aromatic N) is 1. The maximum Gasteiger partial charge on any atom is 0.141 e. The van der Waals surface area contributed by atoms with Crippen LogP contribution < -0.4 is 0 Å². The van der Waals surface area contributed by atoms with Gasteiger partial charge in [0.15, 0.2) is 0 Å². The predicted octanol–water partition coefficient (Wildman–Crippen LogP) is 6.64. The summed E-state index contributed by atoms with van der Waals surface area (Å²) in [7, 11) is -3.92.